The number of hydrogen-bond donors (Lipinski definition) is 1. The van der Waals surface area contributed by atoms with Crippen LogP contribution in [-0.2, 0) is 14.8 Å². The third-order valence-corrected chi connectivity index (χ3v) is 4.00. The van der Waals surface area contributed by atoms with Gasteiger partial charge in [0, 0.05) is 10.5 Å². The van der Waals surface area contributed by atoms with Crippen LogP contribution in [0.4, 0.5) is 8.78 Å². The Morgan fingerprint density at radius 1 is 1.41 bits per heavy atom. The van der Waals surface area contributed by atoms with Gasteiger partial charge in [-0.2, -0.15) is 0 Å². The Morgan fingerprint density at radius 2 is 2.00 bits per heavy atom. The number of carbonyl (C=O) groups excluding carboxylic acids is 1. The topological polar surface area (TPSA) is 86.3 Å². The molecule has 94 valence electrons. The molecule has 0 aliphatic heterocycles. The van der Waals surface area contributed by atoms with E-state index in [9.17, 15) is 27.1 Å². The lowest BCUT2D eigenvalue weighted by Crippen LogP contribution is -2.38. The summed E-state index contributed by atoms with van der Waals surface area (Å²) >= 11 is 2.68. The van der Waals surface area contributed by atoms with Crippen molar-refractivity contribution in [2.24, 2.45) is 0 Å². The van der Waals surface area contributed by atoms with Crippen molar-refractivity contribution in [2.75, 3.05) is 6.54 Å². The van der Waals surface area contributed by atoms with Gasteiger partial charge in [0.15, 0.2) is 0 Å². The average molecular weight is 329 g/mol. The Hall–Kier alpha value is -1.06. The number of sulfonamides is 1. The fourth-order valence-electron chi connectivity index (χ4n) is 1.01. The average Bonchev–Trinajstić information content (AvgIpc) is 2.12. The standard InChI is InChI=1S/C8H6BrF2NO4S/c9-5-1-4(10)2-6(11)8(5)17(15,16)12-3-7(13)14/h1-2,12H,3H2,(H,13,14)/p-1. The summed E-state index contributed by atoms with van der Waals surface area (Å²) in [6, 6.07) is 1.12. The molecule has 1 rings (SSSR count). The zero-order chi connectivity index (χ0) is 13.2. The molecule has 1 aromatic carbocycles. The van der Waals surface area contributed by atoms with E-state index in [0.29, 0.717) is 6.07 Å². The number of carboxylic acids is 1. The van der Waals surface area contributed by atoms with Crippen LogP contribution in [-0.4, -0.2) is 20.9 Å². The van der Waals surface area contributed by atoms with Gasteiger partial charge in [-0.15, -0.1) is 0 Å². The van der Waals surface area contributed by atoms with E-state index in [0.717, 1.165) is 6.07 Å². The van der Waals surface area contributed by atoms with E-state index in [1.807, 2.05) is 0 Å². The Morgan fingerprint density at radius 3 is 2.47 bits per heavy atom. The van der Waals surface area contributed by atoms with E-state index in [1.54, 1.807) is 4.72 Å². The lowest BCUT2D eigenvalue weighted by atomic mass is 10.3. The first-order valence-electron chi connectivity index (χ1n) is 4.08. The smallest absolute Gasteiger partial charge is 0.244 e. The SMILES string of the molecule is O=C([O-])CNS(=O)(=O)c1c(F)cc(F)cc1Br. The molecule has 0 fully saturated rings. The van der Waals surface area contributed by atoms with Gasteiger partial charge in [0.1, 0.15) is 16.5 Å². The van der Waals surface area contributed by atoms with Gasteiger partial charge < -0.3 is 9.90 Å². The molecule has 0 radical (unpaired) electrons. The summed E-state index contributed by atoms with van der Waals surface area (Å²) in [7, 11) is -4.39. The number of aliphatic carboxylic acids is 1. The second-order valence-electron chi connectivity index (χ2n) is 2.90. The van der Waals surface area contributed by atoms with Crippen LogP contribution in [0.15, 0.2) is 21.5 Å². The highest BCUT2D eigenvalue weighted by molar-refractivity contribution is 9.10. The molecule has 9 heteroatoms. The van der Waals surface area contributed by atoms with Crippen LogP contribution in [0.3, 0.4) is 0 Å². The van der Waals surface area contributed by atoms with Gasteiger partial charge in [0.05, 0.1) is 12.5 Å². The van der Waals surface area contributed by atoms with Gasteiger partial charge in [-0.1, -0.05) is 0 Å². The van der Waals surface area contributed by atoms with Crippen LogP contribution in [0.1, 0.15) is 0 Å². The largest absolute Gasteiger partial charge is 0.549 e. The van der Waals surface area contributed by atoms with Gasteiger partial charge in [-0.25, -0.2) is 21.9 Å². The molecular weight excluding hydrogens is 324 g/mol. The van der Waals surface area contributed by atoms with Gasteiger partial charge in [-0.05, 0) is 22.0 Å². The molecule has 0 heterocycles. The van der Waals surface area contributed by atoms with Gasteiger partial charge in [0.2, 0.25) is 10.0 Å². The third kappa shape index (κ3) is 3.45. The second-order valence-corrected chi connectivity index (χ2v) is 5.45. The normalized spacial score (nSPS) is 11.5. The Kier molecular flexibility index (Phi) is 4.17. The van der Waals surface area contributed by atoms with Crippen molar-refractivity contribution in [3.63, 3.8) is 0 Å². The molecule has 17 heavy (non-hydrogen) atoms. The first kappa shape index (κ1) is 14.0. The van der Waals surface area contributed by atoms with Crippen LogP contribution in [0.5, 0.6) is 0 Å². The van der Waals surface area contributed by atoms with Gasteiger partial charge in [0.25, 0.3) is 0 Å². The molecule has 0 aliphatic carbocycles. The molecular formula is C8H5BrF2NO4S-. The van der Waals surface area contributed by atoms with Crippen LogP contribution in [0, 0.1) is 11.6 Å². The lowest BCUT2D eigenvalue weighted by molar-refractivity contribution is -0.303. The first-order valence-corrected chi connectivity index (χ1v) is 6.35. The Balaban J connectivity index is 3.20. The van der Waals surface area contributed by atoms with Crippen molar-refractivity contribution in [3.8, 4) is 0 Å². The maximum atomic E-state index is 13.3. The first-order chi connectivity index (χ1) is 7.74. The minimum atomic E-state index is -4.39. The molecule has 0 saturated carbocycles. The fourth-order valence-corrected chi connectivity index (χ4v) is 3.14. The molecule has 0 spiro atoms. The van der Waals surface area contributed by atoms with Crippen LogP contribution in [0.25, 0.3) is 0 Å². The lowest BCUT2D eigenvalue weighted by Gasteiger charge is -2.09. The summed E-state index contributed by atoms with van der Waals surface area (Å²) < 4.78 is 50.2. The predicted octanol–water partition coefficient (Wildman–Crippen LogP) is -0.245. The van der Waals surface area contributed by atoms with Crippen molar-refractivity contribution in [1.82, 2.24) is 4.72 Å². The summed E-state index contributed by atoms with van der Waals surface area (Å²) in [6.07, 6.45) is 0. The molecule has 0 bridgehead atoms. The second kappa shape index (κ2) is 5.07. The van der Waals surface area contributed by atoms with E-state index >= 15 is 0 Å². The van der Waals surface area contributed by atoms with Gasteiger partial charge >= 0.3 is 0 Å². The number of halogens is 3. The van der Waals surface area contributed by atoms with E-state index in [2.05, 4.69) is 15.9 Å². The number of hydrogen-bond acceptors (Lipinski definition) is 4. The van der Waals surface area contributed by atoms with Crippen LogP contribution in [0.2, 0.25) is 0 Å². The zero-order valence-corrected chi connectivity index (χ0v) is 10.4. The fraction of sp³-hybridized carbons (Fsp3) is 0.125. The van der Waals surface area contributed by atoms with Crippen molar-refractivity contribution < 1.29 is 27.1 Å². The number of benzene rings is 1. The molecule has 5 nitrogen and oxygen atoms in total. The molecule has 0 atom stereocenters. The van der Waals surface area contributed by atoms with Crippen molar-refractivity contribution >= 4 is 31.9 Å². The Bertz CT molecular complexity index is 538. The number of carboxylic acid groups (broad SMARTS) is 1. The van der Waals surface area contributed by atoms with E-state index in [4.69, 9.17) is 0 Å². The molecule has 0 aromatic heterocycles. The van der Waals surface area contributed by atoms with Crippen molar-refractivity contribution in [3.05, 3.63) is 28.2 Å². The molecule has 0 saturated heterocycles. The molecule has 0 aliphatic rings. The summed E-state index contributed by atoms with van der Waals surface area (Å²) in [5.74, 6) is -3.97. The van der Waals surface area contributed by atoms with Crippen LogP contribution >= 0.6 is 15.9 Å². The quantitative estimate of drug-likeness (QED) is 0.826. The van der Waals surface area contributed by atoms with Crippen molar-refractivity contribution in [2.45, 2.75) is 4.90 Å². The Labute approximate surface area is 104 Å². The maximum absolute atomic E-state index is 13.3. The van der Waals surface area contributed by atoms with E-state index in [-0.39, 0.29) is 4.47 Å². The molecule has 0 unspecified atom stereocenters. The van der Waals surface area contributed by atoms with E-state index < -0.39 is 39.1 Å². The minimum absolute atomic E-state index is 0.346. The number of rotatable bonds is 4. The highest BCUT2D eigenvalue weighted by Crippen LogP contribution is 2.25. The predicted molar refractivity (Wildman–Crippen MR) is 54.3 cm³/mol. The van der Waals surface area contributed by atoms with Crippen LogP contribution < -0.4 is 9.83 Å². The molecule has 1 aromatic rings. The summed E-state index contributed by atoms with van der Waals surface area (Å²) in [4.78, 5) is 9.24. The summed E-state index contributed by atoms with van der Waals surface area (Å²) in [5, 5.41) is 10.1. The zero-order valence-electron chi connectivity index (χ0n) is 8.04. The highest BCUT2D eigenvalue weighted by atomic mass is 79.9. The number of nitrogens with one attached hydrogen (secondary N) is 1. The summed E-state index contributed by atoms with van der Waals surface area (Å²) in [5.41, 5.74) is 0. The van der Waals surface area contributed by atoms with Gasteiger partial charge in [-0.3, -0.25) is 0 Å². The highest BCUT2D eigenvalue weighted by Gasteiger charge is 2.23. The molecule has 1 N–H and O–H groups in total. The van der Waals surface area contributed by atoms with E-state index in [1.165, 1.54) is 0 Å². The third-order valence-electron chi connectivity index (χ3n) is 1.64. The molecule has 0 amide bonds. The monoisotopic (exact) mass is 328 g/mol. The number of carbonyl (C=O) groups is 1. The minimum Gasteiger partial charge on any atom is -0.549 e. The van der Waals surface area contributed by atoms with Crippen molar-refractivity contribution in [1.29, 1.82) is 0 Å². The summed E-state index contributed by atoms with van der Waals surface area (Å²) in [6.45, 7) is -1.01. The maximum Gasteiger partial charge on any atom is 0.244 e.